The van der Waals surface area contributed by atoms with E-state index in [0.717, 1.165) is 18.2 Å². The molecule has 0 bridgehead atoms. The van der Waals surface area contributed by atoms with Crippen LogP contribution < -0.4 is 5.73 Å². The van der Waals surface area contributed by atoms with Crippen LogP contribution in [0.5, 0.6) is 0 Å². The van der Waals surface area contributed by atoms with E-state index >= 15 is 0 Å². The van der Waals surface area contributed by atoms with Crippen molar-refractivity contribution < 1.29 is 18.0 Å². The fourth-order valence-corrected chi connectivity index (χ4v) is 1.29. The van der Waals surface area contributed by atoms with Gasteiger partial charge in [0.05, 0.1) is 5.56 Å². The molecule has 1 aromatic carbocycles. The van der Waals surface area contributed by atoms with Crippen molar-refractivity contribution >= 4 is 23.6 Å². The van der Waals surface area contributed by atoms with E-state index in [9.17, 15) is 18.0 Å². The van der Waals surface area contributed by atoms with Crippen molar-refractivity contribution in [2.24, 2.45) is 5.73 Å². The van der Waals surface area contributed by atoms with Crippen molar-refractivity contribution in [2.75, 3.05) is 0 Å². The summed E-state index contributed by atoms with van der Waals surface area (Å²) in [5, 5.41) is -0.0565. The van der Waals surface area contributed by atoms with Crippen LogP contribution in [-0.4, -0.2) is 5.91 Å². The zero-order chi connectivity index (χ0) is 12.3. The molecule has 0 spiro atoms. The Morgan fingerprint density at radius 3 is 2.44 bits per heavy atom. The molecule has 16 heavy (non-hydrogen) atoms. The molecule has 1 rings (SSSR count). The lowest BCUT2D eigenvalue weighted by Crippen LogP contribution is -2.06. The maximum Gasteiger partial charge on any atom is 0.416 e. The Hall–Kier alpha value is -1.49. The summed E-state index contributed by atoms with van der Waals surface area (Å²) in [6.45, 7) is 0. The Labute approximate surface area is 94.5 Å². The summed E-state index contributed by atoms with van der Waals surface area (Å²) in [6.07, 6.45) is -2.34. The molecule has 0 saturated heterocycles. The van der Waals surface area contributed by atoms with Crippen LogP contribution in [0.1, 0.15) is 11.1 Å². The molecule has 0 heterocycles. The van der Waals surface area contributed by atoms with Crippen LogP contribution in [0.15, 0.2) is 24.3 Å². The third-order valence-electron chi connectivity index (χ3n) is 1.69. The average molecular weight is 250 g/mol. The van der Waals surface area contributed by atoms with Crippen molar-refractivity contribution in [3.63, 3.8) is 0 Å². The second-order valence-corrected chi connectivity index (χ2v) is 3.44. The Morgan fingerprint density at radius 1 is 1.31 bits per heavy atom. The molecule has 0 aliphatic carbocycles. The number of hydrogen-bond acceptors (Lipinski definition) is 1. The van der Waals surface area contributed by atoms with Crippen molar-refractivity contribution in [3.05, 3.63) is 40.4 Å². The van der Waals surface area contributed by atoms with E-state index in [-0.39, 0.29) is 10.6 Å². The zero-order valence-electron chi connectivity index (χ0n) is 7.88. The van der Waals surface area contributed by atoms with Crippen LogP contribution >= 0.6 is 11.6 Å². The van der Waals surface area contributed by atoms with Gasteiger partial charge in [-0.3, -0.25) is 4.79 Å². The first-order valence-corrected chi connectivity index (χ1v) is 4.52. The van der Waals surface area contributed by atoms with Crippen LogP contribution in [0.4, 0.5) is 13.2 Å². The van der Waals surface area contributed by atoms with Crippen LogP contribution in [0.2, 0.25) is 5.02 Å². The van der Waals surface area contributed by atoms with Gasteiger partial charge in [0.2, 0.25) is 5.91 Å². The van der Waals surface area contributed by atoms with Crippen LogP contribution in [0, 0.1) is 0 Å². The topological polar surface area (TPSA) is 43.1 Å². The third-order valence-corrected chi connectivity index (χ3v) is 1.91. The number of benzene rings is 1. The van der Waals surface area contributed by atoms with Gasteiger partial charge in [-0.2, -0.15) is 13.2 Å². The van der Waals surface area contributed by atoms with E-state index in [0.29, 0.717) is 0 Å². The van der Waals surface area contributed by atoms with Crippen LogP contribution in [-0.2, 0) is 11.0 Å². The van der Waals surface area contributed by atoms with Gasteiger partial charge >= 0.3 is 6.18 Å². The largest absolute Gasteiger partial charge is 0.416 e. The normalized spacial score (nSPS) is 12.0. The number of primary amides is 1. The van der Waals surface area contributed by atoms with E-state index in [1.54, 1.807) is 0 Å². The Kier molecular flexibility index (Phi) is 3.59. The van der Waals surface area contributed by atoms with Gasteiger partial charge in [-0.1, -0.05) is 11.6 Å². The van der Waals surface area contributed by atoms with Gasteiger partial charge in [0, 0.05) is 11.1 Å². The zero-order valence-corrected chi connectivity index (χ0v) is 8.64. The molecule has 0 fully saturated rings. The molecule has 0 aromatic heterocycles. The molecule has 2 nitrogen and oxygen atoms in total. The number of nitrogens with two attached hydrogens (primary N) is 1. The predicted molar refractivity (Wildman–Crippen MR) is 54.7 cm³/mol. The lowest BCUT2D eigenvalue weighted by molar-refractivity contribution is -0.137. The van der Waals surface area contributed by atoms with Crippen molar-refractivity contribution in [1.29, 1.82) is 0 Å². The molecule has 86 valence electrons. The summed E-state index contributed by atoms with van der Waals surface area (Å²) in [5.41, 5.74) is 4.12. The maximum absolute atomic E-state index is 12.4. The summed E-state index contributed by atoms with van der Waals surface area (Å²) >= 11 is 5.52. The SMILES string of the molecule is NC(=O)/C=C\c1cc(Cl)cc(C(F)(F)F)c1. The molecule has 0 aliphatic rings. The summed E-state index contributed by atoms with van der Waals surface area (Å²) in [6, 6.07) is 2.99. The first-order valence-electron chi connectivity index (χ1n) is 4.14. The highest BCUT2D eigenvalue weighted by atomic mass is 35.5. The van der Waals surface area contributed by atoms with E-state index < -0.39 is 17.6 Å². The molecule has 0 aliphatic heterocycles. The molecule has 0 unspecified atom stereocenters. The number of amides is 1. The number of rotatable bonds is 2. The standard InChI is InChI=1S/C10H7ClF3NO/c11-8-4-6(1-2-9(15)16)3-7(5-8)10(12,13)14/h1-5H,(H2,15,16)/b2-1-. The fourth-order valence-electron chi connectivity index (χ4n) is 1.05. The van der Waals surface area contributed by atoms with Gasteiger partial charge < -0.3 is 5.73 Å². The highest BCUT2D eigenvalue weighted by Crippen LogP contribution is 2.32. The predicted octanol–water partition coefficient (Wildman–Crippen LogP) is 2.86. The first-order chi connectivity index (χ1) is 7.29. The molecular formula is C10H7ClF3NO. The van der Waals surface area contributed by atoms with Gasteiger partial charge in [-0.25, -0.2) is 0 Å². The Bertz CT molecular complexity index is 440. The van der Waals surface area contributed by atoms with Gasteiger partial charge in [-0.05, 0) is 29.8 Å². The van der Waals surface area contributed by atoms with E-state index in [1.165, 1.54) is 12.1 Å². The van der Waals surface area contributed by atoms with E-state index in [1.807, 2.05) is 0 Å². The number of hydrogen-bond donors (Lipinski definition) is 1. The second-order valence-electron chi connectivity index (χ2n) is 3.01. The lowest BCUT2D eigenvalue weighted by atomic mass is 10.1. The second kappa shape index (κ2) is 4.57. The summed E-state index contributed by atoms with van der Waals surface area (Å²) in [5.74, 6) is -0.742. The minimum absolute atomic E-state index is 0.0565. The number of halogens is 4. The maximum atomic E-state index is 12.4. The molecule has 1 aromatic rings. The summed E-state index contributed by atoms with van der Waals surface area (Å²) < 4.78 is 37.1. The minimum atomic E-state index is -4.47. The average Bonchev–Trinajstić information content (AvgIpc) is 2.12. The Morgan fingerprint density at radius 2 is 1.94 bits per heavy atom. The van der Waals surface area contributed by atoms with Crippen molar-refractivity contribution in [2.45, 2.75) is 6.18 Å². The van der Waals surface area contributed by atoms with Gasteiger partial charge in [0.25, 0.3) is 0 Å². The van der Waals surface area contributed by atoms with E-state index in [2.05, 4.69) is 0 Å². The van der Waals surface area contributed by atoms with E-state index in [4.69, 9.17) is 17.3 Å². The van der Waals surface area contributed by atoms with Gasteiger partial charge in [-0.15, -0.1) is 0 Å². The third kappa shape index (κ3) is 3.58. The molecule has 6 heteroatoms. The van der Waals surface area contributed by atoms with Crippen molar-refractivity contribution in [1.82, 2.24) is 0 Å². The number of carbonyl (C=O) groups excluding carboxylic acids is 1. The molecule has 0 radical (unpaired) electrons. The Balaban J connectivity index is 3.13. The quantitative estimate of drug-likeness (QED) is 0.805. The molecule has 0 saturated carbocycles. The first kappa shape index (κ1) is 12.6. The lowest BCUT2D eigenvalue weighted by Gasteiger charge is -2.07. The molecular weight excluding hydrogens is 243 g/mol. The summed E-state index contributed by atoms with van der Waals surface area (Å²) in [7, 11) is 0. The smallest absolute Gasteiger partial charge is 0.366 e. The molecule has 2 N–H and O–H groups in total. The fraction of sp³-hybridized carbons (Fsp3) is 0.100. The monoisotopic (exact) mass is 249 g/mol. The van der Waals surface area contributed by atoms with Gasteiger partial charge in [0.15, 0.2) is 0 Å². The van der Waals surface area contributed by atoms with Crippen LogP contribution in [0.25, 0.3) is 6.08 Å². The highest BCUT2D eigenvalue weighted by Gasteiger charge is 2.30. The van der Waals surface area contributed by atoms with Crippen LogP contribution in [0.3, 0.4) is 0 Å². The minimum Gasteiger partial charge on any atom is -0.366 e. The number of carbonyl (C=O) groups is 1. The highest BCUT2D eigenvalue weighted by molar-refractivity contribution is 6.30. The summed E-state index contributed by atoms with van der Waals surface area (Å²) in [4.78, 5) is 10.4. The molecule has 1 amide bonds. The molecule has 0 atom stereocenters. The number of alkyl halides is 3. The van der Waals surface area contributed by atoms with Gasteiger partial charge in [0.1, 0.15) is 0 Å². The van der Waals surface area contributed by atoms with Crippen molar-refractivity contribution in [3.8, 4) is 0 Å².